The molecular formula is C7H13NO5. The fourth-order valence-electron chi connectivity index (χ4n) is 0.647. The molecule has 0 heterocycles. The minimum absolute atomic E-state index is 0.450. The Morgan fingerprint density at radius 3 is 2.08 bits per heavy atom. The summed E-state index contributed by atoms with van der Waals surface area (Å²) >= 11 is 0. The lowest BCUT2D eigenvalue weighted by molar-refractivity contribution is -0.141. The number of rotatable bonds is 5. The SMILES string of the molecule is CC(CO)(CO)NC(=O)CC(=O)O. The highest BCUT2D eigenvalue weighted by molar-refractivity contribution is 5.93. The first kappa shape index (κ1) is 11.9. The van der Waals surface area contributed by atoms with Gasteiger partial charge >= 0.3 is 5.97 Å². The molecule has 0 aliphatic rings. The number of hydrogen-bond donors (Lipinski definition) is 4. The van der Waals surface area contributed by atoms with Crippen molar-refractivity contribution in [2.75, 3.05) is 13.2 Å². The Morgan fingerprint density at radius 2 is 1.77 bits per heavy atom. The van der Waals surface area contributed by atoms with Gasteiger partial charge in [0.1, 0.15) is 6.42 Å². The number of aliphatic carboxylic acids is 1. The van der Waals surface area contributed by atoms with Crippen LogP contribution in [0.1, 0.15) is 13.3 Å². The van der Waals surface area contributed by atoms with E-state index >= 15 is 0 Å². The summed E-state index contributed by atoms with van der Waals surface area (Å²) < 4.78 is 0. The van der Waals surface area contributed by atoms with Crippen molar-refractivity contribution in [1.82, 2.24) is 5.32 Å². The number of hydrogen-bond acceptors (Lipinski definition) is 4. The van der Waals surface area contributed by atoms with Crippen molar-refractivity contribution in [2.24, 2.45) is 0 Å². The zero-order valence-electron chi connectivity index (χ0n) is 7.28. The van der Waals surface area contributed by atoms with Gasteiger partial charge in [-0.05, 0) is 6.92 Å². The molecule has 0 saturated heterocycles. The second-order valence-electron chi connectivity index (χ2n) is 3.00. The van der Waals surface area contributed by atoms with E-state index < -0.39 is 37.0 Å². The van der Waals surface area contributed by atoms with Crippen LogP contribution in [-0.4, -0.2) is 45.9 Å². The van der Waals surface area contributed by atoms with Gasteiger partial charge in [-0.2, -0.15) is 0 Å². The summed E-state index contributed by atoms with van der Waals surface area (Å²) in [6, 6.07) is 0. The summed E-state index contributed by atoms with van der Waals surface area (Å²) in [5.74, 6) is -1.99. The van der Waals surface area contributed by atoms with Crippen LogP contribution in [0.4, 0.5) is 0 Å². The van der Waals surface area contributed by atoms with Crippen molar-refractivity contribution in [2.45, 2.75) is 18.9 Å². The Labute approximate surface area is 75.2 Å². The Kier molecular flexibility index (Phi) is 4.36. The number of carboxylic acids is 1. The van der Waals surface area contributed by atoms with Gasteiger partial charge < -0.3 is 20.6 Å². The van der Waals surface area contributed by atoms with Gasteiger partial charge in [-0.25, -0.2) is 0 Å². The molecule has 6 nitrogen and oxygen atoms in total. The van der Waals surface area contributed by atoms with Crippen molar-refractivity contribution < 1.29 is 24.9 Å². The van der Waals surface area contributed by atoms with E-state index in [0.29, 0.717) is 0 Å². The van der Waals surface area contributed by atoms with E-state index in [-0.39, 0.29) is 0 Å². The van der Waals surface area contributed by atoms with Gasteiger partial charge in [0.2, 0.25) is 5.91 Å². The van der Waals surface area contributed by atoms with Gasteiger partial charge in [-0.15, -0.1) is 0 Å². The quantitative estimate of drug-likeness (QED) is 0.388. The van der Waals surface area contributed by atoms with Gasteiger partial charge in [0.05, 0.1) is 18.8 Å². The second-order valence-corrected chi connectivity index (χ2v) is 3.00. The molecule has 0 unspecified atom stereocenters. The van der Waals surface area contributed by atoms with Crippen molar-refractivity contribution in [1.29, 1.82) is 0 Å². The average molecular weight is 191 g/mol. The molecule has 0 fully saturated rings. The predicted octanol–water partition coefficient (Wildman–Crippen LogP) is -1.68. The molecule has 0 aliphatic carbocycles. The van der Waals surface area contributed by atoms with E-state index in [0.717, 1.165) is 0 Å². The minimum atomic E-state index is -1.25. The van der Waals surface area contributed by atoms with Crippen molar-refractivity contribution in [3.8, 4) is 0 Å². The molecule has 0 aromatic carbocycles. The van der Waals surface area contributed by atoms with Crippen LogP contribution in [0.15, 0.2) is 0 Å². The molecule has 0 aliphatic heterocycles. The van der Waals surface area contributed by atoms with Crippen LogP contribution in [0.5, 0.6) is 0 Å². The van der Waals surface area contributed by atoms with Gasteiger partial charge in [-0.1, -0.05) is 0 Å². The molecule has 0 spiro atoms. The highest BCUT2D eigenvalue weighted by Crippen LogP contribution is 2.00. The fraction of sp³-hybridized carbons (Fsp3) is 0.714. The summed E-state index contributed by atoms with van der Waals surface area (Å²) in [5, 5.41) is 27.9. The van der Waals surface area contributed by atoms with E-state index in [2.05, 4.69) is 5.32 Å². The van der Waals surface area contributed by atoms with Gasteiger partial charge in [0.25, 0.3) is 0 Å². The molecule has 0 aromatic rings. The number of nitrogens with one attached hydrogen (secondary N) is 1. The number of carbonyl (C=O) groups excluding carboxylic acids is 1. The lowest BCUT2D eigenvalue weighted by Gasteiger charge is -2.25. The summed E-state index contributed by atoms with van der Waals surface area (Å²) in [5.41, 5.74) is -1.16. The standard InChI is InChI=1S/C7H13NO5/c1-7(3-9,4-10)8-5(11)2-6(12)13/h9-10H,2-4H2,1H3,(H,8,11)(H,12,13). The summed E-state index contributed by atoms with van der Waals surface area (Å²) in [4.78, 5) is 21.0. The van der Waals surface area contributed by atoms with Gasteiger partial charge in [0.15, 0.2) is 0 Å². The molecule has 6 heteroatoms. The van der Waals surface area contributed by atoms with E-state index in [9.17, 15) is 9.59 Å². The molecule has 1 amide bonds. The Morgan fingerprint density at radius 1 is 1.31 bits per heavy atom. The van der Waals surface area contributed by atoms with E-state index in [1.54, 1.807) is 0 Å². The number of aliphatic hydroxyl groups is 2. The molecular weight excluding hydrogens is 178 g/mol. The number of carbonyl (C=O) groups is 2. The predicted molar refractivity (Wildman–Crippen MR) is 43.0 cm³/mol. The molecule has 13 heavy (non-hydrogen) atoms. The monoisotopic (exact) mass is 191 g/mol. The third-order valence-electron chi connectivity index (χ3n) is 1.45. The first-order valence-corrected chi connectivity index (χ1v) is 3.68. The summed E-state index contributed by atoms with van der Waals surface area (Å²) in [7, 11) is 0. The summed E-state index contributed by atoms with van der Waals surface area (Å²) in [6.45, 7) is 0.510. The van der Waals surface area contributed by atoms with E-state index in [1.807, 2.05) is 0 Å². The fourth-order valence-corrected chi connectivity index (χ4v) is 0.647. The normalized spacial score (nSPS) is 11.0. The summed E-state index contributed by atoms with van der Waals surface area (Å²) in [6.07, 6.45) is -0.671. The van der Waals surface area contributed by atoms with Crippen LogP contribution in [0.3, 0.4) is 0 Å². The molecule has 0 bridgehead atoms. The highest BCUT2D eigenvalue weighted by Gasteiger charge is 2.25. The Bertz CT molecular complexity index is 199. The van der Waals surface area contributed by atoms with E-state index in [1.165, 1.54) is 6.92 Å². The van der Waals surface area contributed by atoms with Crippen molar-refractivity contribution in [3.63, 3.8) is 0 Å². The molecule has 0 aromatic heterocycles. The number of carboxylic acid groups (broad SMARTS) is 1. The third kappa shape index (κ3) is 4.44. The maximum atomic E-state index is 10.9. The minimum Gasteiger partial charge on any atom is -0.481 e. The van der Waals surface area contributed by atoms with Gasteiger partial charge in [0, 0.05) is 0 Å². The van der Waals surface area contributed by atoms with E-state index in [4.69, 9.17) is 15.3 Å². The van der Waals surface area contributed by atoms with Crippen LogP contribution >= 0.6 is 0 Å². The third-order valence-corrected chi connectivity index (χ3v) is 1.45. The maximum absolute atomic E-state index is 10.9. The van der Waals surface area contributed by atoms with Crippen LogP contribution in [0.25, 0.3) is 0 Å². The number of amides is 1. The lowest BCUT2D eigenvalue weighted by Crippen LogP contribution is -2.52. The van der Waals surface area contributed by atoms with Crippen LogP contribution in [0, 0.1) is 0 Å². The molecule has 0 rings (SSSR count). The molecule has 0 atom stereocenters. The zero-order valence-corrected chi connectivity index (χ0v) is 7.28. The Hall–Kier alpha value is -1.14. The molecule has 4 N–H and O–H groups in total. The molecule has 0 radical (unpaired) electrons. The second kappa shape index (κ2) is 4.78. The zero-order chi connectivity index (χ0) is 10.5. The lowest BCUT2D eigenvalue weighted by atomic mass is 10.1. The van der Waals surface area contributed by atoms with Crippen molar-refractivity contribution >= 4 is 11.9 Å². The van der Waals surface area contributed by atoms with Crippen LogP contribution < -0.4 is 5.32 Å². The topological polar surface area (TPSA) is 107 Å². The smallest absolute Gasteiger partial charge is 0.312 e. The average Bonchev–Trinajstić information content (AvgIpc) is 2.02. The molecule has 0 saturated carbocycles. The van der Waals surface area contributed by atoms with Crippen molar-refractivity contribution in [3.05, 3.63) is 0 Å². The number of aliphatic hydroxyl groups excluding tert-OH is 2. The molecule has 76 valence electrons. The maximum Gasteiger partial charge on any atom is 0.312 e. The first-order valence-electron chi connectivity index (χ1n) is 3.68. The van der Waals surface area contributed by atoms with Crippen LogP contribution in [-0.2, 0) is 9.59 Å². The van der Waals surface area contributed by atoms with Gasteiger partial charge in [-0.3, -0.25) is 9.59 Å². The Balaban J connectivity index is 4.09. The largest absolute Gasteiger partial charge is 0.481 e. The first-order chi connectivity index (χ1) is 5.93. The van der Waals surface area contributed by atoms with Crippen LogP contribution in [0.2, 0.25) is 0 Å². The highest BCUT2D eigenvalue weighted by atomic mass is 16.4.